The van der Waals surface area contributed by atoms with Crippen molar-refractivity contribution in [2.24, 2.45) is 0 Å². The molecule has 1 aliphatic heterocycles. The smallest absolute Gasteiger partial charge is 0.359 e. The number of halogens is 1. The summed E-state index contributed by atoms with van der Waals surface area (Å²) in [5.74, 6) is -0.0226. The van der Waals surface area contributed by atoms with Gasteiger partial charge in [0.25, 0.3) is 5.91 Å². The van der Waals surface area contributed by atoms with Crippen molar-refractivity contribution in [2.45, 2.75) is 33.7 Å². The molecule has 27 heavy (non-hydrogen) atoms. The van der Waals surface area contributed by atoms with Crippen LogP contribution in [0.15, 0.2) is 12.1 Å². The first kappa shape index (κ1) is 19.2. The van der Waals surface area contributed by atoms with Crippen LogP contribution in [0.2, 0.25) is 5.02 Å². The molecule has 1 N–H and O–H groups in total. The van der Waals surface area contributed by atoms with Crippen LogP contribution in [-0.4, -0.2) is 46.7 Å². The van der Waals surface area contributed by atoms with E-state index in [9.17, 15) is 9.59 Å². The number of nitrogens with one attached hydrogen (secondary N) is 1. The topological polar surface area (TPSA) is 84.5 Å². The third kappa shape index (κ3) is 4.08. The maximum absolute atomic E-state index is 12.6. The number of aromatic nitrogens is 2. The van der Waals surface area contributed by atoms with Crippen molar-refractivity contribution in [2.75, 3.05) is 19.8 Å². The number of hydrogen-bond acceptors (Lipinski definition) is 5. The predicted molar refractivity (Wildman–Crippen MR) is 100 cm³/mol. The highest BCUT2D eigenvalue weighted by Gasteiger charge is 2.28. The molecule has 1 aromatic carbocycles. The van der Waals surface area contributed by atoms with Crippen LogP contribution in [0.1, 0.15) is 39.8 Å². The van der Waals surface area contributed by atoms with Gasteiger partial charge in [0.2, 0.25) is 0 Å². The molecule has 0 saturated carbocycles. The molecule has 144 valence electrons. The van der Waals surface area contributed by atoms with Crippen molar-refractivity contribution >= 4 is 23.5 Å². The Morgan fingerprint density at radius 1 is 1.30 bits per heavy atom. The van der Waals surface area contributed by atoms with Gasteiger partial charge in [0.1, 0.15) is 5.75 Å². The molecule has 0 fully saturated rings. The van der Waals surface area contributed by atoms with Crippen LogP contribution in [-0.2, 0) is 22.5 Å². The van der Waals surface area contributed by atoms with Crippen molar-refractivity contribution in [1.82, 2.24) is 15.1 Å². The number of nitrogens with zero attached hydrogens (tertiary/aromatic N) is 2. The van der Waals surface area contributed by atoms with Gasteiger partial charge in [0, 0.05) is 29.2 Å². The molecule has 1 aliphatic rings. The highest BCUT2D eigenvalue weighted by atomic mass is 35.5. The van der Waals surface area contributed by atoms with E-state index in [2.05, 4.69) is 10.2 Å². The van der Waals surface area contributed by atoms with Crippen LogP contribution in [0, 0.1) is 13.8 Å². The van der Waals surface area contributed by atoms with Gasteiger partial charge in [0.15, 0.2) is 12.3 Å². The van der Waals surface area contributed by atoms with E-state index in [1.807, 2.05) is 26.0 Å². The van der Waals surface area contributed by atoms with Gasteiger partial charge in [-0.15, -0.1) is 0 Å². The number of rotatable bonds is 5. The first-order valence-corrected chi connectivity index (χ1v) is 9.19. The summed E-state index contributed by atoms with van der Waals surface area (Å²) in [7, 11) is 0. The Hall–Kier alpha value is -2.54. The molecule has 0 atom stereocenters. The fourth-order valence-corrected chi connectivity index (χ4v) is 3.21. The lowest BCUT2D eigenvalue weighted by Gasteiger charge is -2.27. The monoisotopic (exact) mass is 391 g/mol. The Bertz CT molecular complexity index is 855. The van der Waals surface area contributed by atoms with Crippen molar-refractivity contribution in [3.05, 3.63) is 45.2 Å². The first-order valence-electron chi connectivity index (χ1n) is 8.81. The SMILES string of the molecule is CCOC(=O)c1n[nH]c2c1CN(C(=O)COc1cc(C)c(Cl)c(C)c1)CC2. The molecule has 0 unspecified atom stereocenters. The Labute approximate surface area is 162 Å². The van der Waals surface area contributed by atoms with Gasteiger partial charge >= 0.3 is 5.97 Å². The summed E-state index contributed by atoms with van der Waals surface area (Å²) in [5.41, 5.74) is 3.63. The summed E-state index contributed by atoms with van der Waals surface area (Å²) in [6, 6.07) is 3.62. The molecule has 2 heterocycles. The van der Waals surface area contributed by atoms with Gasteiger partial charge in [-0.25, -0.2) is 4.79 Å². The van der Waals surface area contributed by atoms with E-state index in [-0.39, 0.29) is 24.8 Å². The second-order valence-corrected chi connectivity index (χ2v) is 6.85. The molecule has 7 nitrogen and oxygen atoms in total. The van der Waals surface area contributed by atoms with E-state index >= 15 is 0 Å². The highest BCUT2D eigenvalue weighted by molar-refractivity contribution is 6.32. The molecule has 0 spiro atoms. The normalized spacial score (nSPS) is 13.3. The summed E-state index contributed by atoms with van der Waals surface area (Å²) in [4.78, 5) is 26.3. The number of aryl methyl sites for hydroxylation is 2. The third-order valence-electron chi connectivity index (χ3n) is 4.53. The average molecular weight is 392 g/mol. The van der Waals surface area contributed by atoms with Crippen LogP contribution in [0.4, 0.5) is 0 Å². The number of amides is 1. The first-order chi connectivity index (χ1) is 12.9. The largest absolute Gasteiger partial charge is 0.484 e. The van der Waals surface area contributed by atoms with E-state index < -0.39 is 5.97 Å². The number of esters is 1. The number of carbonyl (C=O) groups is 2. The lowest BCUT2D eigenvalue weighted by molar-refractivity contribution is -0.134. The molecular formula is C19H22ClN3O4. The van der Waals surface area contributed by atoms with E-state index in [0.29, 0.717) is 35.8 Å². The minimum absolute atomic E-state index is 0.0809. The third-order valence-corrected chi connectivity index (χ3v) is 5.12. The Balaban J connectivity index is 1.66. The lowest BCUT2D eigenvalue weighted by atomic mass is 10.1. The number of ether oxygens (including phenoxy) is 2. The summed E-state index contributed by atoms with van der Waals surface area (Å²) >= 11 is 6.16. The maximum Gasteiger partial charge on any atom is 0.359 e. The van der Waals surface area contributed by atoms with Crippen molar-refractivity contribution in [3.8, 4) is 5.75 Å². The van der Waals surface area contributed by atoms with Gasteiger partial charge < -0.3 is 14.4 Å². The van der Waals surface area contributed by atoms with Crippen LogP contribution < -0.4 is 4.74 Å². The molecule has 0 saturated heterocycles. The molecular weight excluding hydrogens is 370 g/mol. The van der Waals surface area contributed by atoms with Gasteiger partial charge in [-0.1, -0.05) is 11.6 Å². The van der Waals surface area contributed by atoms with Crippen LogP contribution in [0.3, 0.4) is 0 Å². The summed E-state index contributed by atoms with van der Waals surface area (Å²) in [6.07, 6.45) is 0.604. The van der Waals surface area contributed by atoms with Gasteiger partial charge in [-0.05, 0) is 44.0 Å². The zero-order chi connectivity index (χ0) is 19.6. The highest BCUT2D eigenvalue weighted by Crippen LogP contribution is 2.26. The van der Waals surface area contributed by atoms with Gasteiger partial charge in [0.05, 0.1) is 13.2 Å². The Morgan fingerprint density at radius 2 is 2.00 bits per heavy atom. The average Bonchev–Trinajstić information content (AvgIpc) is 3.07. The quantitative estimate of drug-likeness (QED) is 0.792. The predicted octanol–water partition coefficient (Wildman–Crippen LogP) is 2.82. The number of carbonyl (C=O) groups excluding carboxylic acids is 2. The van der Waals surface area contributed by atoms with Gasteiger partial charge in [-0.3, -0.25) is 9.89 Å². The second-order valence-electron chi connectivity index (χ2n) is 6.47. The lowest BCUT2D eigenvalue weighted by Crippen LogP contribution is -2.39. The second kappa shape index (κ2) is 8.00. The number of hydrogen-bond donors (Lipinski definition) is 1. The molecule has 0 aliphatic carbocycles. The van der Waals surface area contributed by atoms with Gasteiger partial charge in [-0.2, -0.15) is 5.10 Å². The minimum Gasteiger partial charge on any atom is -0.484 e. The fraction of sp³-hybridized carbons (Fsp3) is 0.421. The maximum atomic E-state index is 12.6. The van der Waals surface area contributed by atoms with Crippen molar-refractivity contribution in [1.29, 1.82) is 0 Å². The van der Waals surface area contributed by atoms with Crippen molar-refractivity contribution in [3.63, 3.8) is 0 Å². The molecule has 1 amide bonds. The van der Waals surface area contributed by atoms with E-state index in [4.69, 9.17) is 21.1 Å². The summed E-state index contributed by atoms with van der Waals surface area (Å²) in [5, 5.41) is 7.62. The number of aromatic amines is 1. The van der Waals surface area contributed by atoms with Crippen LogP contribution in [0.25, 0.3) is 0 Å². The Morgan fingerprint density at radius 3 is 2.67 bits per heavy atom. The molecule has 8 heteroatoms. The zero-order valence-electron chi connectivity index (χ0n) is 15.6. The van der Waals surface area contributed by atoms with E-state index in [0.717, 1.165) is 16.8 Å². The zero-order valence-corrected chi connectivity index (χ0v) is 16.4. The summed E-state index contributed by atoms with van der Waals surface area (Å²) in [6.45, 7) is 6.57. The van der Waals surface area contributed by atoms with Crippen LogP contribution in [0.5, 0.6) is 5.75 Å². The number of benzene rings is 1. The van der Waals surface area contributed by atoms with Crippen LogP contribution >= 0.6 is 11.6 Å². The van der Waals surface area contributed by atoms with E-state index in [1.165, 1.54) is 0 Å². The molecule has 0 radical (unpaired) electrons. The number of fused-ring (bicyclic) bond motifs is 1. The molecule has 0 bridgehead atoms. The summed E-state index contributed by atoms with van der Waals surface area (Å²) < 4.78 is 10.7. The van der Waals surface area contributed by atoms with Crippen molar-refractivity contribution < 1.29 is 19.1 Å². The standard InChI is InChI=1S/C19H22ClN3O4/c1-4-26-19(25)18-14-9-23(6-5-15(14)21-22-18)16(24)10-27-13-7-11(2)17(20)12(3)8-13/h7-8H,4-6,9-10H2,1-3H3,(H,21,22). The van der Waals surface area contributed by atoms with E-state index in [1.54, 1.807) is 11.8 Å². The fourth-order valence-electron chi connectivity index (χ4n) is 3.10. The number of H-pyrrole nitrogens is 1. The molecule has 2 aromatic rings. The minimum atomic E-state index is -0.479. The molecule has 1 aromatic heterocycles. The molecule has 3 rings (SSSR count). The Kier molecular flexibility index (Phi) is 5.70.